The SMILES string of the molecule is CC(C)[C@@H](N)c1nc(-c2ccc(Cl)c(Br)c2)no1. The number of hydrogen-bond acceptors (Lipinski definition) is 4. The lowest BCUT2D eigenvalue weighted by atomic mass is 10.1. The third-order valence-corrected chi connectivity index (χ3v) is 3.84. The zero-order valence-electron chi connectivity index (χ0n) is 10.0. The molecule has 2 rings (SSSR count). The first-order valence-corrected chi connectivity index (χ1v) is 6.70. The number of halogens is 2. The van der Waals surface area contributed by atoms with Crippen molar-refractivity contribution in [1.29, 1.82) is 0 Å². The van der Waals surface area contributed by atoms with Gasteiger partial charge in [-0.2, -0.15) is 4.98 Å². The third-order valence-electron chi connectivity index (χ3n) is 2.62. The predicted octanol–water partition coefficient (Wildman–Crippen LogP) is 3.81. The maximum absolute atomic E-state index is 5.96. The van der Waals surface area contributed by atoms with Crippen LogP contribution in [-0.2, 0) is 0 Å². The second-order valence-electron chi connectivity index (χ2n) is 4.35. The van der Waals surface area contributed by atoms with Gasteiger partial charge >= 0.3 is 0 Å². The molecule has 0 aliphatic rings. The second kappa shape index (κ2) is 5.38. The Bertz CT molecular complexity index is 556. The maximum Gasteiger partial charge on any atom is 0.244 e. The summed E-state index contributed by atoms with van der Waals surface area (Å²) in [5, 5.41) is 4.57. The van der Waals surface area contributed by atoms with Gasteiger partial charge in [-0.15, -0.1) is 0 Å². The Morgan fingerprint density at radius 2 is 2.11 bits per heavy atom. The minimum absolute atomic E-state index is 0.246. The summed E-state index contributed by atoms with van der Waals surface area (Å²) in [6, 6.07) is 5.21. The Morgan fingerprint density at radius 3 is 2.72 bits per heavy atom. The van der Waals surface area contributed by atoms with Crippen molar-refractivity contribution >= 4 is 27.5 Å². The fourth-order valence-corrected chi connectivity index (χ4v) is 1.90. The smallest absolute Gasteiger partial charge is 0.244 e. The summed E-state index contributed by atoms with van der Waals surface area (Å²) in [4.78, 5) is 4.31. The summed E-state index contributed by atoms with van der Waals surface area (Å²) in [5.74, 6) is 1.21. The molecular weight excluding hydrogens is 318 g/mol. The molecule has 18 heavy (non-hydrogen) atoms. The van der Waals surface area contributed by atoms with Crippen molar-refractivity contribution in [3.63, 3.8) is 0 Å². The van der Waals surface area contributed by atoms with Crippen LogP contribution in [0.4, 0.5) is 0 Å². The van der Waals surface area contributed by atoms with E-state index in [1.54, 1.807) is 6.07 Å². The van der Waals surface area contributed by atoms with Gasteiger partial charge in [-0.1, -0.05) is 30.6 Å². The molecule has 0 saturated carbocycles. The molecule has 1 heterocycles. The minimum atomic E-state index is -0.248. The number of benzene rings is 1. The normalized spacial score (nSPS) is 13.0. The molecule has 0 saturated heterocycles. The number of rotatable bonds is 3. The second-order valence-corrected chi connectivity index (χ2v) is 5.62. The van der Waals surface area contributed by atoms with Crippen LogP contribution in [0.3, 0.4) is 0 Å². The van der Waals surface area contributed by atoms with Gasteiger partial charge in [-0.05, 0) is 40.0 Å². The molecule has 0 bridgehead atoms. The first kappa shape index (κ1) is 13.5. The van der Waals surface area contributed by atoms with Gasteiger partial charge in [-0.3, -0.25) is 0 Å². The van der Waals surface area contributed by atoms with E-state index in [1.807, 2.05) is 26.0 Å². The summed E-state index contributed by atoms with van der Waals surface area (Å²) >= 11 is 9.29. The standard InChI is InChI=1S/C12H13BrClN3O/c1-6(2)10(15)12-16-11(17-18-12)7-3-4-9(14)8(13)5-7/h3-6,10H,15H2,1-2H3/t10-/m1/s1. The van der Waals surface area contributed by atoms with Crippen LogP contribution in [0.25, 0.3) is 11.4 Å². The molecule has 1 atom stereocenters. The van der Waals surface area contributed by atoms with Crippen molar-refractivity contribution in [3.8, 4) is 11.4 Å². The first-order valence-electron chi connectivity index (χ1n) is 5.53. The highest BCUT2D eigenvalue weighted by Gasteiger charge is 2.18. The van der Waals surface area contributed by atoms with E-state index < -0.39 is 0 Å². The van der Waals surface area contributed by atoms with Crippen molar-refractivity contribution in [2.45, 2.75) is 19.9 Å². The average Bonchev–Trinajstić information content (AvgIpc) is 2.81. The summed E-state index contributed by atoms with van der Waals surface area (Å²) in [6.45, 7) is 4.01. The fourth-order valence-electron chi connectivity index (χ4n) is 1.41. The number of aromatic nitrogens is 2. The minimum Gasteiger partial charge on any atom is -0.337 e. The zero-order valence-corrected chi connectivity index (χ0v) is 12.4. The van der Waals surface area contributed by atoms with Crippen LogP contribution in [0.5, 0.6) is 0 Å². The fraction of sp³-hybridized carbons (Fsp3) is 0.333. The number of nitrogens with zero attached hydrogens (tertiary/aromatic N) is 2. The summed E-state index contributed by atoms with van der Waals surface area (Å²) < 4.78 is 5.97. The van der Waals surface area contributed by atoms with E-state index in [1.165, 1.54) is 0 Å². The van der Waals surface area contributed by atoms with Gasteiger partial charge in [0.15, 0.2) is 0 Å². The number of hydrogen-bond donors (Lipinski definition) is 1. The van der Waals surface area contributed by atoms with Gasteiger partial charge in [0.05, 0.1) is 11.1 Å². The van der Waals surface area contributed by atoms with E-state index >= 15 is 0 Å². The highest BCUT2D eigenvalue weighted by Crippen LogP contribution is 2.28. The van der Waals surface area contributed by atoms with Crippen LogP contribution in [0, 0.1) is 5.92 Å². The largest absolute Gasteiger partial charge is 0.337 e. The van der Waals surface area contributed by atoms with Crippen molar-refractivity contribution in [1.82, 2.24) is 10.1 Å². The molecule has 2 N–H and O–H groups in total. The molecule has 96 valence electrons. The first-order chi connectivity index (χ1) is 8.49. The molecule has 0 aliphatic carbocycles. The van der Waals surface area contributed by atoms with Gasteiger partial charge in [0.2, 0.25) is 11.7 Å². The third kappa shape index (κ3) is 2.74. The quantitative estimate of drug-likeness (QED) is 0.929. The molecule has 2 aromatic rings. The molecule has 0 spiro atoms. The van der Waals surface area contributed by atoms with Crippen LogP contribution in [0.15, 0.2) is 27.2 Å². The van der Waals surface area contributed by atoms with E-state index in [9.17, 15) is 0 Å². The van der Waals surface area contributed by atoms with Crippen molar-refractivity contribution in [2.24, 2.45) is 11.7 Å². The molecule has 0 unspecified atom stereocenters. The van der Waals surface area contributed by atoms with Crippen LogP contribution < -0.4 is 5.73 Å². The molecule has 0 aliphatic heterocycles. The Kier molecular flexibility index (Phi) is 4.04. The van der Waals surface area contributed by atoms with Crippen molar-refractivity contribution < 1.29 is 4.52 Å². The molecule has 1 aromatic heterocycles. The number of nitrogens with two attached hydrogens (primary N) is 1. The summed E-state index contributed by atoms with van der Waals surface area (Å²) in [7, 11) is 0. The van der Waals surface area contributed by atoms with E-state index in [2.05, 4.69) is 26.1 Å². The van der Waals surface area contributed by atoms with E-state index in [4.69, 9.17) is 21.9 Å². The van der Waals surface area contributed by atoms with Gasteiger partial charge in [0.1, 0.15) is 0 Å². The monoisotopic (exact) mass is 329 g/mol. The molecular formula is C12H13BrClN3O. The van der Waals surface area contributed by atoms with Crippen LogP contribution in [-0.4, -0.2) is 10.1 Å². The Balaban J connectivity index is 2.32. The average molecular weight is 331 g/mol. The highest BCUT2D eigenvalue weighted by atomic mass is 79.9. The molecule has 0 fully saturated rings. The molecule has 0 radical (unpaired) electrons. The van der Waals surface area contributed by atoms with Gasteiger partial charge < -0.3 is 10.3 Å². The Morgan fingerprint density at radius 1 is 1.39 bits per heavy atom. The molecule has 6 heteroatoms. The predicted molar refractivity (Wildman–Crippen MR) is 74.2 cm³/mol. The topological polar surface area (TPSA) is 64.9 Å². The Hall–Kier alpha value is -0.910. The maximum atomic E-state index is 5.96. The van der Waals surface area contributed by atoms with Crippen molar-refractivity contribution in [3.05, 3.63) is 33.6 Å². The van der Waals surface area contributed by atoms with Crippen LogP contribution in [0.1, 0.15) is 25.8 Å². The lowest BCUT2D eigenvalue weighted by molar-refractivity contribution is 0.325. The Labute approximate surface area is 119 Å². The van der Waals surface area contributed by atoms with E-state index in [0.717, 1.165) is 10.0 Å². The molecule has 1 aromatic carbocycles. The van der Waals surface area contributed by atoms with Gasteiger partial charge in [0.25, 0.3) is 0 Å². The molecule has 4 nitrogen and oxygen atoms in total. The van der Waals surface area contributed by atoms with E-state index in [0.29, 0.717) is 16.7 Å². The van der Waals surface area contributed by atoms with Gasteiger partial charge in [-0.25, -0.2) is 0 Å². The summed E-state index contributed by atoms with van der Waals surface area (Å²) in [5.41, 5.74) is 6.79. The highest BCUT2D eigenvalue weighted by molar-refractivity contribution is 9.10. The van der Waals surface area contributed by atoms with Crippen molar-refractivity contribution in [2.75, 3.05) is 0 Å². The van der Waals surface area contributed by atoms with Crippen LogP contribution in [0.2, 0.25) is 5.02 Å². The summed E-state index contributed by atoms with van der Waals surface area (Å²) in [6.07, 6.45) is 0. The van der Waals surface area contributed by atoms with Gasteiger partial charge in [0, 0.05) is 10.0 Å². The van der Waals surface area contributed by atoms with E-state index in [-0.39, 0.29) is 12.0 Å². The lowest BCUT2D eigenvalue weighted by Gasteiger charge is -2.09. The zero-order chi connectivity index (χ0) is 13.3. The lowest BCUT2D eigenvalue weighted by Crippen LogP contribution is -2.16. The van der Waals surface area contributed by atoms with Crippen LogP contribution >= 0.6 is 27.5 Å². The molecule has 0 amide bonds.